The van der Waals surface area contributed by atoms with Gasteiger partial charge in [-0.15, -0.1) is 0 Å². The van der Waals surface area contributed by atoms with Crippen LogP contribution in [0.2, 0.25) is 0 Å². The van der Waals surface area contributed by atoms with E-state index >= 15 is 0 Å². The molecule has 0 radical (unpaired) electrons. The SMILES string of the molecule is Cc1nn(C(C)C)cc1CN1CCN(C(=O)[C@@H]2CCCN2C)CC1. The number of hydrogen-bond donors (Lipinski definition) is 0. The molecular weight excluding hydrogens is 302 g/mol. The maximum absolute atomic E-state index is 12.7. The fourth-order valence-corrected chi connectivity index (χ4v) is 3.74. The van der Waals surface area contributed by atoms with E-state index in [0.717, 1.165) is 57.8 Å². The maximum atomic E-state index is 12.7. The van der Waals surface area contributed by atoms with Crippen molar-refractivity contribution in [3.05, 3.63) is 17.5 Å². The second-order valence-corrected chi connectivity index (χ2v) is 7.55. The van der Waals surface area contributed by atoms with Crippen molar-refractivity contribution in [2.24, 2.45) is 0 Å². The van der Waals surface area contributed by atoms with Crippen LogP contribution in [0.15, 0.2) is 6.20 Å². The Balaban J connectivity index is 1.53. The number of likely N-dealkylation sites (N-methyl/N-ethyl adjacent to an activating group) is 1. The summed E-state index contributed by atoms with van der Waals surface area (Å²) in [5.41, 5.74) is 2.42. The van der Waals surface area contributed by atoms with Crippen molar-refractivity contribution in [2.45, 2.75) is 52.2 Å². The van der Waals surface area contributed by atoms with Crippen molar-refractivity contribution in [1.29, 1.82) is 0 Å². The second kappa shape index (κ2) is 7.23. The molecule has 134 valence electrons. The molecule has 0 saturated carbocycles. The summed E-state index contributed by atoms with van der Waals surface area (Å²) in [4.78, 5) is 19.4. The average Bonchev–Trinajstić information content (AvgIpc) is 3.14. The predicted octanol–water partition coefficient (Wildman–Crippen LogP) is 1.51. The van der Waals surface area contributed by atoms with Gasteiger partial charge in [-0.2, -0.15) is 5.10 Å². The predicted molar refractivity (Wildman–Crippen MR) is 94.9 cm³/mol. The number of hydrogen-bond acceptors (Lipinski definition) is 4. The van der Waals surface area contributed by atoms with Crippen LogP contribution in [0.25, 0.3) is 0 Å². The highest BCUT2D eigenvalue weighted by Gasteiger charge is 2.32. The van der Waals surface area contributed by atoms with Gasteiger partial charge in [-0.1, -0.05) is 0 Å². The zero-order valence-electron chi connectivity index (χ0n) is 15.5. The molecule has 0 aromatic carbocycles. The van der Waals surface area contributed by atoms with Gasteiger partial charge < -0.3 is 4.90 Å². The molecule has 0 spiro atoms. The first kappa shape index (κ1) is 17.4. The molecule has 0 bridgehead atoms. The number of aromatic nitrogens is 2. The third kappa shape index (κ3) is 3.64. The lowest BCUT2D eigenvalue weighted by Crippen LogP contribution is -2.52. The summed E-state index contributed by atoms with van der Waals surface area (Å²) in [5, 5.41) is 4.60. The van der Waals surface area contributed by atoms with Gasteiger partial charge in [0.25, 0.3) is 0 Å². The summed E-state index contributed by atoms with van der Waals surface area (Å²) in [6.45, 7) is 12.0. The normalized spacial score (nSPS) is 23.4. The first-order valence-corrected chi connectivity index (χ1v) is 9.21. The topological polar surface area (TPSA) is 44.6 Å². The van der Waals surface area contributed by atoms with E-state index in [-0.39, 0.29) is 6.04 Å². The number of carbonyl (C=O) groups excluding carboxylic acids is 1. The number of nitrogens with zero attached hydrogens (tertiary/aromatic N) is 5. The van der Waals surface area contributed by atoms with E-state index in [4.69, 9.17) is 0 Å². The van der Waals surface area contributed by atoms with E-state index in [1.165, 1.54) is 5.56 Å². The molecule has 6 nitrogen and oxygen atoms in total. The largest absolute Gasteiger partial charge is 0.339 e. The Morgan fingerprint density at radius 2 is 1.96 bits per heavy atom. The molecule has 2 aliphatic rings. The molecular formula is C18H31N5O. The van der Waals surface area contributed by atoms with Crippen molar-refractivity contribution < 1.29 is 4.79 Å². The summed E-state index contributed by atoms with van der Waals surface area (Å²) < 4.78 is 2.04. The highest BCUT2D eigenvalue weighted by atomic mass is 16.2. The molecule has 2 fully saturated rings. The van der Waals surface area contributed by atoms with E-state index in [1.807, 2.05) is 4.68 Å². The van der Waals surface area contributed by atoms with Gasteiger partial charge in [0.15, 0.2) is 0 Å². The first-order valence-electron chi connectivity index (χ1n) is 9.21. The molecule has 0 unspecified atom stereocenters. The van der Waals surface area contributed by atoms with Crippen LogP contribution in [0.3, 0.4) is 0 Å². The van der Waals surface area contributed by atoms with Gasteiger partial charge >= 0.3 is 0 Å². The molecule has 3 heterocycles. The number of rotatable bonds is 4. The van der Waals surface area contributed by atoms with Crippen LogP contribution >= 0.6 is 0 Å². The minimum Gasteiger partial charge on any atom is -0.339 e. The van der Waals surface area contributed by atoms with Gasteiger partial charge in [0, 0.05) is 50.5 Å². The molecule has 1 aromatic heterocycles. The van der Waals surface area contributed by atoms with Crippen molar-refractivity contribution in [3.8, 4) is 0 Å². The smallest absolute Gasteiger partial charge is 0.240 e. The Morgan fingerprint density at radius 3 is 2.50 bits per heavy atom. The molecule has 1 amide bonds. The third-order valence-electron chi connectivity index (χ3n) is 5.43. The van der Waals surface area contributed by atoms with Crippen LogP contribution in [0, 0.1) is 6.92 Å². The van der Waals surface area contributed by atoms with Crippen molar-refractivity contribution in [3.63, 3.8) is 0 Å². The van der Waals surface area contributed by atoms with E-state index in [9.17, 15) is 4.79 Å². The standard InChI is InChI=1S/C18H31N5O/c1-14(2)23-13-16(15(3)19-23)12-21-8-10-22(11-9-21)18(24)17-6-5-7-20(17)4/h13-14,17H,5-12H2,1-4H3/t17-/m0/s1. The van der Waals surface area contributed by atoms with Crippen molar-refractivity contribution in [1.82, 2.24) is 24.5 Å². The van der Waals surface area contributed by atoms with Gasteiger partial charge in [-0.3, -0.25) is 19.3 Å². The molecule has 0 N–H and O–H groups in total. The average molecular weight is 333 g/mol. The second-order valence-electron chi connectivity index (χ2n) is 7.55. The number of piperazine rings is 1. The molecule has 2 aliphatic heterocycles. The molecule has 3 rings (SSSR count). The highest BCUT2D eigenvalue weighted by molar-refractivity contribution is 5.82. The Labute approximate surface area is 145 Å². The van der Waals surface area contributed by atoms with E-state index in [0.29, 0.717) is 11.9 Å². The fourth-order valence-electron chi connectivity index (χ4n) is 3.74. The highest BCUT2D eigenvalue weighted by Crippen LogP contribution is 2.19. The minimum atomic E-state index is 0.114. The van der Waals surface area contributed by atoms with Gasteiger partial charge in [-0.05, 0) is 47.2 Å². The molecule has 0 aliphatic carbocycles. The summed E-state index contributed by atoms with van der Waals surface area (Å²) in [7, 11) is 2.07. The van der Waals surface area contributed by atoms with Gasteiger partial charge in [0.2, 0.25) is 5.91 Å². The van der Waals surface area contributed by atoms with Gasteiger partial charge in [-0.25, -0.2) is 0 Å². The maximum Gasteiger partial charge on any atom is 0.240 e. The molecule has 1 atom stereocenters. The van der Waals surface area contributed by atoms with E-state index in [1.54, 1.807) is 0 Å². The lowest BCUT2D eigenvalue weighted by atomic mass is 10.1. The lowest BCUT2D eigenvalue weighted by molar-refractivity contribution is -0.137. The van der Waals surface area contributed by atoms with Gasteiger partial charge in [0.05, 0.1) is 11.7 Å². The van der Waals surface area contributed by atoms with Crippen LogP contribution in [0.4, 0.5) is 0 Å². The monoisotopic (exact) mass is 333 g/mol. The quantitative estimate of drug-likeness (QED) is 0.838. The number of carbonyl (C=O) groups is 1. The summed E-state index contributed by atoms with van der Waals surface area (Å²) >= 11 is 0. The van der Waals surface area contributed by atoms with Crippen molar-refractivity contribution >= 4 is 5.91 Å². The fraction of sp³-hybridized carbons (Fsp3) is 0.778. The van der Waals surface area contributed by atoms with E-state index < -0.39 is 0 Å². The first-order chi connectivity index (χ1) is 11.5. The minimum absolute atomic E-state index is 0.114. The van der Waals surface area contributed by atoms with Crippen LogP contribution in [0.5, 0.6) is 0 Å². The Bertz CT molecular complexity index is 574. The molecule has 2 saturated heterocycles. The van der Waals surface area contributed by atoms with Crippen LogP contribution < -0.4 is 0 Å². The zero-order chi connectivity index (χ0) is 17.3. The van der Waals surface area contributed by atoms with Crippen molar-refractivity contribution in [2.75, 3.05) is 39.8 Å². The number of amides is 1. The summed E-state index contributed by atoms with van der Waals surface area (Å²) in [6, 6.07) is 0.512. The Morgan fingerprint density at radius 1 is 1.25 bits per heavy atom. The van der Waals surface area contributed by atoms with Crippen LogP contribution in [0.1, 0.15) is 44.0 Å². The Hall–Kier alpha value is -1.40. The van der Waals surface area contributed by atoms with Gasteiger partial charge in [0.1, 0.15) is 0 Å². The van der Waals surface area contributed by atoms with E-state index in [2.05, 4.69) is 53.8 Å². The lowest BCUT2D eigenvalue weighted by Gasteiger charge is -2.36. The zero-order valence-corrected chi connectivity index (χ0v) is 15.5. The molecule has 6 heteroatoms. The summed E-state index contributed by atoms with van der Waals surface area (Å²) in [5.74, 6) is 0.332. The summed E-state index contributed by atoms with van der Waals surface area (Å²) in [6.07, 6.45) is 4.33. The third-order valence-corrected chi connectivity index (χ3v) is 5.43. The van der Waals surface area contributed by atoms with Crippen LogP contribution in [-0.4, -0.2) is 76.2 Å². The molecule has 1 aromatic rings. The van der Waals surface area contributed by atoms with Crippen LogP contribution in [-0.2, 0) is 11.3 Å². The Kier molecular flexibility index (Phi) is 5.25. The number of likely N-dealkylation sites (tertiary alicyclic amines) is 1. The molecule has 24 heavy (non-hydrogen) atoms. The number of aryl methyl sites for hydroxylation is 1.